The lowest BCUT2D eigenvalue weighted by Crippen LogP contribution is -1.86. The SMILES string of the molecule is Clc1cccc(-c2ccccc2)c1-c1ccc2c(c1)sc1ccccc12. The first-order valence-electron chi connectivity index (χ1n) is 8.57. The summed E-state index contributed by atoms with van der Waals surface area (Å²) in [5.74, 6) is 0. The summed E-state index contributed by atoms with van der Waals surface area (Å²) >= 11 is 8.48. The number of hydrogen-bond acceptors (Lipinski definition) is 1. The molecule has 0 unspecified atom stereocenters. The van der Waals surface area contributed by atoms with E-state index in [0.29, 0.717) is 0 Å². The molecule has 1 heterocycles. The first-order valence-corrected chi connectivity index (χ1v) is 9.76. The summed E-state index contributed by atoms with van der Waals surface area (Å²) in [7, 11) is 0. The van der Waals surface area contributed by atoms with E-state index in [1.165, 1.54) is 31.3 Å². The van der Waals surface area contributed by atoms with Crippen LogP contribution in [-0.2, 0) is 0 Å². The summed E-state index contributed by atoms with van der Waals surface area (Å²) in [6.07, 6.45) is 0. The molecule has 1 aromatic heterocycles. The summed E-state index contributed by atoms with van der Waals surface area (Å²) in [6.45, 7) is 0. The molecule has 0 aliphatic heterocycles. The average Bonchev–Trinajstić information content (AvgIpc) is 3.06. The van der Waals surface area contributed by atoms with E-state index in [2.05, 4.69) is 72.8 Å². The third kappa shape index (κ3) is 2.52. The van der Waals surface area contributed by atoms with E-state index in [0.717, 1.165) is 16.1 Å². The minimum atomic E-state index is 0.784. The van der Waals surface area contributed by atoms with Gasteiger partial charge >= 0.3 is 0 Å². The second kappa shape index (κ2) is 6.28. The molecule has 0 nitrogen and oxygen atoms in total. The Balaban J connectivity index is 1.77. The van der Waals surface area contributed by atoms with Crippen molar-refractivity contribution in [3.63, 3.8) is 0 Å². The highest BCUT2D eigenvalue weighted by atomic mass is 35.5. The Bertz CT molecular complexity index is 1240. The van der Waals surface area contributed by atoms with Crippen LogP contribution in [0, 0.1) is 0 Å². The van der Waals surface area contributed by atoms with E-state index in [4.69, 9.17) is 11.6 Å². The van der Waals surface area contributed by atoms with E-state index in [1.807, 2.05) is 29.5 Å². The molecule has 0 bridgehead atoms. The number of hydrogen-bond donors (Lipinski definition) is 0. The van der Waals surface area contributed by atoms with Gasteiger partial charge in [-0.1, -0.05) is 84.4 Å². The second-order valence-electron chi connectivity index (χ2n) is 6.34. The molecule has 0 aliphatic rings. The Morgan fingerprint density at radius 1 is 0.577 bits per heavy atom. The van der Waals surface area contributed by atoms with Crippen LogP contribution in [0.4, 0.5) is 0 Å². The van der Waals surface area contributed by atoms with Gasteiger partial charge in [-0.05, 0) is 34.9 Å². The Hall–Kier alpha value is -2.61. The van der Waals surface area contributed by atoms with Gasteiger partial charge in [0, 0.05) is 30.8 Å². The van der Waals surface area contributed by atoms with E-state index in [9.17, 15) is 0 Å². The van der Waals surface area contributed by atoms with Gasteiger partial charge in [0.2, 0.25) is 0 Å². The van der Waals surface area contributed by atoms with Crippen molar-refractivity contribution in [1.82, 2.24) is 0 Å². The van der Waals surface area contributed by atoms with Crippen molar-refractivity contribution >= 4 is 43.1 Å². The zero-order chi connectivity index (χ0) is 17.5. The van der Waals surface area contributed by atoms with Crippen LogP contribution in [0.1, 0.15) is 0 Å². The Kier molecular flexibility index (Phi) is 3.77. The highest BCUT2D eigenvalue weighted by molar-refractivity contribution is 7.25. The molecule has 0 N–H and O–H groups in total. The number of benzene rings is 4. The molecule has 0 spiro atoms. The first-order chi connectivity index (χ1) is 12.8. The van der Waals surface area contributed by atoms with Crippen LogP contribution in [0.5, 0.6) is 0 Å². The molecule has 0 amide bonds. The fourth-order valence-electron chi connectivity index (χ4n) is 3.56. The summed E-state index contributed by atoms with van der Waals surface area (Å²) in [5, 5.41) is 3.41. The third-order valence-corrected chi connectivity index (χ3v) is 6.21. The second-order valence-corrected chi connectivity index (χ2v) is 7.83. The summed E-state index contributed by atoms with van der Waals surface area (Å²) < 4.78 is 2.62. The smallest absolute Gasteiger partial charge is 0.0490 e. The molecule has 2 heteroatoms. The van der Waals surface area contributed by atoms with Crippen LogP contribution in [0.2, 0.25) is 5.02 Å². The molecular weight excluding hydrogens is 356 g/mol. The molecule has 5 aromatic rings. The van der Waals surface area contributed by atoms with Gasteiger partial charge in [-0.2, -0.15) is 0 Å². The number of halogens is 1. The van der Waals surface area contributed by atoms with E-state index in [1.54, 1.807) is 0 Å². The Morgan fingerprint density at radius 2 is 1.35 bits per heavy atom. The van der Waals surface area contributed by atoms with E-state index in [-0.39, 0.29) is 0 Å². The van der Waals surface area contributed by atoms with Gasteiger partial charge in [-0.15, -0.1) is 11.3 Å². The first kappa shape index (κ1) is 15.6. The van der Waals surface area contributed by atoms with Crippen molar-refractivity contribution in [2.45, 2.75) is 0 Å². The maximum Gasteiger partial charge on any atom is 0.0490 e. The predicted octanol–water partition coefficient (Wildman–Crippen LogP) is 8.04. The van der Waals surface area contributed by atoms with Crippen LogP contribution >= 0.6 is 22.9 Å². The van der Waals surface area contributed by atoms with Crippen LogP contribution in [0.25, 0.3) is 42.4 Å². The van der Waals surface area contributed by atoms with Gasteiger partial charge in [-0.3, -0.25) is 0 Å². The normalized spacial score (nSPS) is 11.3. The van der Waals surface area contributed by atoms with Gasteiger partial charge in [0.25, 0.3) is 0 Å². The average molecular weight is 371 g/mol. The van der Waals surface area contributed by atoms with Crippen LogP contribution < -0.4 is 0 Å². The predicted molar refractivity (Wildman–Crippen MR) is 115 cm³/mol. The summed E-state index contributed by atoms with van der Waals surface area (Å²) in [5.41, 5.74) is 4.60. The van der Waals surface area contributed by atoms with Gasteiger partial charge in [-0.25, -0.2) is 0 Å². The van der Waals surface area contributed by atoms with Gasteiger partial charge < -0.3 is 0 Å². The minimum Gasteiger partial charge on any atom is -0.135 e. The van der Waals surface area contributed by atoms with Gasteiger partial charge in [0.1, 0.15) is 0 Å². The molecular formula is C24H15ClS. The molecule has 0 radical (unpaired) electrons. The van der Waals surface area contributed by atoms with Gasteiger partial charge in [0.05, 0.1) is 0 Å². The lowest BCUT2D eigenvalue weighted by atomic mass is 9.94. The van der Waals surface area contributed by atoms with Crippen LogP contribution in [0.15, 0.2) is 91.0 Å². The molecule has 4 aromatic carbocycles. The van der Waals surface area contributed by atoms with Gasteiger partial charge in [0.15, 0.2) is 0 Å². The Morgan fingerprint density at radius 3 is 2.23 bits per heavy atom. The highest BCUT2D eigenvalue weighted by Gasteiger charge is 2.13. The zero-order valence-corrected chi connectivity index (χ0v) is 15.5. The third-order valence-electron chi connectivity index (χ3n) is 4.77. The number of thiophene rings is 1. The standard InChI is InChI=1S/C24H15ClS/c25-21-11-6-10-18(16-7-2-1-3-8-16)24(21)17-13-14-20-19-9-4-5-12-22(19)26-23(20)15-17/h1-15H. The number of fused-ring (bicyclic) bond motifs is 3. The highest BCUT2D eigenvalue weighted by Crippen LogP contribution is 2.41. The quantitative estimate of drug-likeness (QED) is 0.295. The maximum absolute atomic E-state index is 6.65. The largest absolute Gasteiger partial charge is 0.135 e. The fraction of sp³-hybridized carbons (Fsp3) is 0. The van der Waals surface area contributed by atoms with E-state index >= 15 is 0 Å². The molecule has 124 valence electrons. The molecule has 0 saturated heterocycles. The van der Waals surface area contributed by atoms with E-state index < -0.39 is 0 Å². The number of rotatable bonds is 2. The monoisotopic (exact) mass is 370 g/mol. The van der Waals surface area contributed by atoms with Crippen molar-refractivity contribution in [3.8, 4) is 22.3 Å². The molecule has 0 atom stereocenters. The lowest BCUT2D eigenvalue weighted by Gasteiger charge is -2.12. The van der Waals surface area contributed by atoms with Crippen molar-refractivity contribution in [2.24, 2.45) is 0 Å². The fourth-order valence-corrected chi connectivity index (χ4v) is 4.99. The summed E-state index contributed by atoms with van der Waals surface area (Å²) in [4.78, 5) is 0. The maximum atomic E-state index is 6.65. The minimum absolute atomic E-state index is 0.784. The van der Waals surface area contributed by atoms with Crippen LogP contribution in [-0.4, -0.2) is 0 Å². The molecule has 0 saturated carbocycles. The lowest BCUT2D eigenvalue weighted by molar-refractivity contribution is 1.60. The Labute approximate surface area is 161 Å². The van der Waals surface area contributed by atoms with Crippen molar-refractivity contribution in [3.05, 3.63) is 96.0 Å². The van der Waals surface area contributed by atoms with Crippen molar-refractivity contribution in [2.75, 3.05) is 0 Å². The molecule has 5 rings (SSSR count). The van der Waals surface area contributed by atoms with Crippen molar-refractivity contribution < 1.29 is 0 Å². The van der Waals surface area contributed by atoms with Crippen molar-refractivity contribution in [1.29, 1.82) is 0 Å². The zero-order valence-electron chi connectivity index (χ0n) is 13.9. The molecule has 0 fully saturated rings. The van der Waals surface area contributed by atoms with Crippen LogP contribution in [0.3, 0.4) is 0 Å². The molecule has 26 heavy (non-hydrogen) atoms. The molecule has 0 aliphatic carbocycles. The summed E-state index contributed by atoms with van der Waals surface area (Å²) in [6, 6.07) is 31.8. The topological polar surface area (TPSA) is 0 Å².